The van der Waals surface area contributed by atoms with Gasteiger partial charge in [-0.1, -0.05) is 6.92 Å². The summed E-state index contributed by atoms with van der Waals surface area (Å²) in [5, 5.41) is 9.45. The van der Waals surface area contributed by atoms with Gasteiger partial charge >= 0.3 is 0 Å². The summed E-state index contributed by atoms with van der Waals surface area (Å²) in [5.74, 6) is 0.104. The lowest BCUT2D eigenvalue weighted by atomic mass is 10.0. The van der Waals surface area contributed by atoms with Gasteiger partial charge in [-0.25, -0.2) is 4.39 Å². The molecule has 3 N–H and O–H groups in total. The minimum atomic E-state index is -0.466. The first-order valence-corrected chi connectivity index (χ1v) is 6.09. The molecule has 0 spiro atoms. The van der Waals surface area contributed by atoms with Crippen LogP contribution in [0, 0.1) is 11.7 Å². The standard InChI is InChI=1S/C13H19FN2O2/c1-8-3-4-16(12(8)7-17)11-6-13(18-2)9(14)5-10(11)15/h5-6,8,12,17H,3-4,7,15H2,1-2H3. The molecule has 2 unspecified atom stereocenters. The maximum Gasteiger partial charge on any atom is 0.167 e. The fourth-order valence-corrected chi connectivity index (χ4v) is 2.55. The number of anilines is 2. The first-order valence-electron chi connectivity index (χ1n) is 6.09. The van der Waals surface area contributed by atoms with Gasteiger partial charge in [0.2, 0.25) is 0 Å². The minimum Gasteiger partial charge on any atom is -0.494 e. The highest BCUT2D eigenvalue weighted by Gasteiger charge is 2.32. The molecule has 2 atom stereocenters. The number of ether oxygens (including phenoxy) is 1. The number of rotatable bonds is 3. The summed E-state index contributed by atoms with van der Waals surface area (Å²) < 4.78 is 18.5. The second kappa shape index (κ2) is 5.02. The van der Waals surface area contributed by atoms with E-state index in [0.717, 1.165) is 18.7 Å². The van der Waals surface area contributed by atoms with Crippen molar-refractivity contribution >= 4 is 11.4 Å². The Labute approximate surface area is 106 Å². The highest BCUT2D eigenvalue weighted by molar-refractivity contribution is 5.71. The zero-order valence-corrected chi connectivity index (χ0v) is 10.7. The molecule has 100 valence electrons. The van der Waals surface area contributed by atoms with Gasteiger partial charge in [0.05, 0.1) is 31.1 Å². The van der Waals surface area contributed by atoms with Crippen molar-refractivity contribution in [3.8, 4) is 5.75 Å². The zero-order chi connectivity index (χ0) is 13.3. The third-order valence-corrected chi connectivity index (χ3v) is 3.68. The van der Waals surface area contributed by atoms with Crippen molar-refractivity contribution in [1.29, 1.82) is 0 Å². The van der Waals surface area contributed by atoms with E-state index in [1.54, 1.807) is 6.07 Å². The molecule has 0 radical (unpaired) electrons. The number of hydrogen-bond donors (Lipinski definition) is 2. The van der Waals surface area contributed by atoms with Crippen molar-refractivity contribution in [3.63, 3.8) is 0 Å². The second-order valence-electron chi connectivity index (χ2n) is 4.75. The normalized spacial score (nSPS) is 23.4. The molecule has 0 saturated carbocycles. The van der Waals surface area contributed by atoms with E-state index in [1.807, 2.05) is 4.90 Å². The number of hydrogen-bond acceptors (Lipinski definition) is 4. The first-order chi connectivity index (χ1) is 8.58. The average Bonchev–Trinajstić information content (AvgIpc) is 2.70. The lowest BCUT2D eigenvalue weighted by Crippen LogP contribution is -2.35. The average molecular weight is 254 g/mol. The van der Waals surface area contributed by atoms with Gasteiger partial charge in [0.25, 0.3) is 0 Å². The molecule has 1 aromatic rings. The van der Waals surface area contributed by atoms with Gasteiger partial charge < -0.3 is 20.5 Å². The van der Waals surface area contributed by atoms with E-state index in [4.69, 9.17) is 10.5 Å². The fourth-order valence-electron chi connectivity index (χ4n) is 2.55. The Balaban J connectivity index is 2.38. The molecule has 0 amide bonds. The maximum atomic E-state index is 13.5. The van der Waals surface area contributed by atoms with Crippen molar-refractivity contribution in [2.45, 2.75) is 19.4 Å². The molecule has 2 rings (SSSR count). The summed E-state index contributed by atoms with van der Waals surface area (Å²) in [5.41, 5.74) is 6.98. The molecule has 1 saturated heterocycles. The monoisotopic (exact) mass is 254 g/mol. The predicted molar refractivity (Wildman–Crippen MR) is 69.4 cm³/mol. The fraction of sp³-hybridized carbons (Fsp3) is 0.538. The molecule has 0 aliphatic carbocycles. The van der Waals surface area contributed by atoms with Crippen LogP contribution in [0.15, 0.2) is 12.1 Å². The topological polar surface area (TPSA) is 58.7 Å². The Morgan fingerprint density at radius 2 is 2.28 bits per heavy atom. The molecule has 18 heavy (non-hydrogen) atoms. The van der Waals surface area contributed by atoms with Gasteiger partial charge in [-0.2, -0.15) is 0 Å². The van der Waals surface area contributed by atoms with Crippen LogP contribution in [0.2, 0.25) is 0 Å². The van der Waals surface area contributed by atoms with Gasteiger partial charge in [-0.3, -0.25) is 0 Å². The van der Waals surface area contributed by atoms with Gasteiger partial charge in [0.1, 0.15) is 0 Å². The van der Waals surface area contributed by atoms with Crippen molar-refractivity contribution in [2.75, 3.05) is 30.9 Å². The van der Waals surface area contributed by atoms with Crippen molar-refractivity contribution < 1.29 is 14.2 Å². The Morgan fingerprint density at radius 1 is 1.56 bits per heavy atom. The predicted octanol–water partition coefficient (Wildman–Crippen LogP) is 1.62. The second-order valence-corrected chi connectivity index (χ2v) is 4.75. The van der Waals surface area contributed by atoms with Crippen molar-refractivity contribution in [3.05, 3.63) is 17.9 Å². The Morgan fingerprint density at radius 3 is 2.89 bits per heavy atom. The highest BCUT2D eigenvalue weighted by atomic mass is 19.1. The summed E-state index contributed by atoms with van der Waals surface area (Å²) in [7, 11) is 1.43. The number of nitrogens with zero attached hydrogens (tertiary/aromatic N) is 1. The van der Waals surface area contributed by atoms with Crippen LogP contribution in [0.1, 0.15) is 13.3 Å². The zero-order valence-electron chi connectivity index (χ0n) is 10.7. The van der Waals surface area contributed by atoms with E-state index in [9.17, 15) is 9.50 Å². The van der Waals surface area contributed by atoms with Crippen LogP contribution < -0.4 is 15.4 Å². The number of aliphatic hydroxyl groups is 1. The van der Waals surface area contributed by atoms with E-state index in [1.165, 1.54) is 13.2 Å². The molecule has 1 fully saturated rings. The van der Waals surface area contributed by atoms with E-state index in [2.05, 4.69) is 6.92 Å². The molecule has 1 aromatic carbocycles. The lowest BCUT2D eigenvalue weighted by Gasteiger charge is -2.28. The molecule has 1 aliphatic rings. The van der Waals surface area contributed by atoms with Crippen LogP contribution in [0.3, 0.4) is 0 Å². The maximum absolute atomic E-state index is 13.5. The van der Waals surface area contributed by atoms with Crippen LogP contribution in [0.25, 0.3) is 0 Å². The Hall–Kier alpha value is -1.49. The first kappa shape index (κ1) is 13.0. The summed E-state index contributed by atoms with van der Waals surface area (Å²) in [6.45, 7) is 2.98. The van der Waals surface area contributed by atoms with Crippen LogP contribution >= 0.6 is 0 Å². The molecular weight excluding hydrogens is 235 g/mol. The molecule has 5 heteroatoms. The third-order valence-electron chi connectivity index (χ3n) is 3.68. The van der Waals surface area contributed by atoms with E-state index >= 15 is 0 Å². The van der Waals surface area contributed by atoms with Gasteiger partial charge in [-0.05, 0) is 12.3 Å². The smallest absolute Gasteiger partial charge is 0.167 e. The number of aliphatic hydroxyl groups excluding tert-OH is 1. The van der Waals surface area contributed by atoms with Crippen LogP contribution in [0.5, 0.6) is 5.75 Å². The van der Waals surface area contributed by atoms with Gasteiger partial charge in [0.15, 0.2) is 11.6 Å². The van der Waals surface area contributed by atoms with Crippen molar-refractivity contribution in [1.82, 2.24) is 0 Å². The van der Waals surface area contributed by atoms with Crippen molar-refractivity contribution in [2.24, 2.45) is 5.92 Å². The Bertz CT molecular complexity index is 439. The number of halogens is 1. The molecule has 1 aliphatic heterocycles. The summed E-state index contributed by atoms with van der Waals surface area (Å²) >= 11 is 0. The molecule has 0 aromatic heterocycles. The highest BCUT2D eigenvalue weighted by Crippen LogP contribution is 2.36. The molecular formula is C13H19FN2O2. The van der Waals surface area contributed by atoms with Gasteiger partial charge in [-0.15, -0.1) is 0 Å². The molecule has 4 nitrogen and oxygen atoms in total. The SMILES string of the molecule is COc1cc(N2CCC(C)C2CO)c(N)cc1F. The third kappa shape index (κ3) is 2.10. The van der Waals surface area contributed by atoms with E-state index in [0.29, 0.717) is 11.6 Å². The summed E-state index contributed by atoms with van der Waals surface area (Å²) in [4.78, 5) is 2.03. The minimum absolute atomic E-state index is 0.0301. The van der Waals surface area contributed by atoms with Crippen LogP contribution in [-0.4, -0.2) is 31.4 Å². The summed E-state index contributed by atoms with van der Waals surface area (Å²) in [6.07, 6.45) is 0.990. The lowest BCUT2D eigenvalue weighted by molar-refractivity contribution is 0.245. The number of benzene rings is 1. The van der Waals surface area contributed by atoms with E-state index in [-0.39, 0.29) is 18.4 Å². The van der Waals surface area contributed by atoms with Crippen LogP contribution in [0.4, 0.5) is 15.8 Å². The Kier molecular flexibility index (Phi) is 3.61. The quantitative estimate of drug-likeness (QED) is 0.805. The molecule has 1 heterocycles. The van der Waals surface area contributed by atoms with E-state index < -0.39 is 5.82 Å². The number of nitrogens with two attached hydrogens (primary N) is 1. The summed E-state index contributed by atoms with van der Waals surface area (Å²) in [6, 6.07) is 2.90. The van der Waals surface area contributed by atoms with Gasteiger partial charge in [0, 0.05) is 18.7 Å². The largest absolute Gasteiger partial charge is 0.494 e. The van der Waals surface area contributed by atoms with Crippen LogP contribution in [-0.2, 0) is 0 Å². The number of methoxy groups -OCH3 is 1. The molecule has 0 bridgehead atoms. The number of nitrogen functional groups attached to an aromatic ring is 1.